The molecular formula is C24H19ClF9N3O4. The van der Waals surface area contributed by atoms with E-state index in [4.69, 9.17) is 11.6 Å². The second-order valence-corrected chi connectivity index (χ2v) is 9.33. The quantitative estimate of drug-likeness (QED) is 0.330. The van der Waals surface area contributed by atoms with E-state index in [-0.39, 0.29) is 10.6 Å². The predicted molar refractivity (Wildman–Crippen MR) is 125 cm³/mol. The van der Waals surface area contributed by atoms with E-state index in [1.807, 2.05) is 0 Å². The third-order valence-corrected chi connectivity index (χ3v) is 6.14. The molecule has 41 heavy (non-hydrogen) atoms. The number of aliphatic hydroxyl groups excluding tert-OH is 2. The zero-order valence-electron chi connectivity index (χ0n) is 20.3. The van der Waals surface area contributed by atoms with E-state index in [2.05, 4.69) is 5.10 Å². The number of hydrogen-bond donors (Lipinski definition) is 2. The van der Waals surface area contributed by atoms with Crippen molar-refractivity contribution in [1.82, 2.24) is 14.3 Å². The van der Waals surface area contributed by atoms with Gasteiger partial charge in [-0.05, 0) is 35.9 Å². The fourth-order valence-electron chi connectivity index (χ4n) is 3.86. The number of benzene rings is 2. The Kier molecular flexibility index (Phi) is 9.30. The Morgan fingerprint density at radius 2 is 1.54 bits per heavy atom. The number of hydrogen-bond acceptors (Lipinski definition) is 5. The van der Waals surface area contributed by atoms with Crippen LogP contribution in [0.4, 0.5) is 39.5 Å². The zero-order valence-corrected chi connectivity index (χ0v) is 21.1. The molecule has 0 aliphatic carbocycles. The smallest absolute Gasteiger partial charge is 0.383 e. The minimum absolute atomic E-state index is 0.0291. The van der Waals surface area contributed by atoms with Gasteiger partial charge in [0.1, 0.15) is 6.54 Å². The van der Waals surface area contributed by atoms with Crippen molar-refractivity contribution in [2.24, 2.45) is 0 Å². The van der Waals surface area contributed by atoms with Crippen molar-refractivity contribution in [3.8, 4) is 11.4 Å². The lowest BCUT2D eigenvalue weighted by Gasteiger charge is -2.25. The van der Waals surface area contributed by atoms with E-state index >= 15 is 0 Å². The summed E-state index contributed by atoms with van der Waals surface area (Å²) in [6.45, 7) is -2.47. The predicted octanol–water partition coefficient (Wildman–Crippen LogP) is 4.97. The van der Waals surface area contributed by atoms with Crippen molar-refractivity contribution in [3.05, 3.63) is 75.2 Å². The van der Waals surface area contributed by atoms with Gasteiger partial charge in [0.2, 0.25) is 0 Å². The molecule has 1 heterocycles. The van der Waals surface area contributed by atoms with E-state index in [0.717, 1.165) is 12.1 Å². The molecule has 1 aromatic heterocycles. The van der Waals surface area contributed by atoms with Gasteiger partial charge in [-0.1, -0.05) is 29.8 Å². The first-order valence-electron chi connectivity index (χ1n) is 11.4. The summed E-state index contributed by atoms with van der Waals surface area (Å²) in [6, 6.07) is 7.66. The number of aliphatic hydroxyl groups is 2. The number of aromatic nitrogens is 3. The number of halogens is 10. The van der Waals surface area contributed by atoms with Crippen molar-refractivity contribution in [2.45, 2.75) is 56.2 Å². The first-order valence-corrected chi connectivity index (χ1v) is 11.8. The van der Waals surface area contributed by atoms with Crippen LogP contribution >= 0.6 is 11.6 Å². The van der Waals surface area contributed by atoms with Gasteiger partial charge in [0, 0.05) is 22.9 Å². The van der Waals surface area contributed by atoms with E-state index < -0.39 is 84.6 Å². The monoisotopic (exact) mass is 619 g/mol. The second-order valence-electron chi connectivity index (χ2n) is 8.90. The van der Waals surface area contributed by atoms with Crippen molar-refractivity contribution in [1.29, 1.82) is 0 Å². The van der Waals surface area contributed by atoms with Crippen LogP contribution in [0.5, 0.6) is 0 Å². The molecule has 3 rings (SSSR count). The molecule has 0 bridgehead atoms. The molecule has 0 aliphatic heterocycles. The lowest BCUT2D eigenvalue weighted by molar-refractivity contribution is -0.211. The maximum Gasteiger partial charge on any atom is 0.416 e. The van der Waals surface area contributed by atoms with Gasteiger partial charge in [-0.2, -0.15) is 39.5 Å². The number of rotatable bonds is 9. The maximum absolute atomic E-state index is 13.4. The van der Waals surface area contributed by atoms with Crippen LogP contribution in [0.2, 0.25) is 5.02 Å². The summed E-state index contributed by atoms with van der Waals surface area (Å²) in [5, 5.41) is 23.4. The zero-order chi connectivity index (χ0) is 30.9. The molecule has 3 atom stereocenters. The molecule has 0 saturated carbocycles. The average molecular weight is 620 g/mol. The van der Waals surface area contributed by atoms with Gasteiger partial charge in [0.25, 0.3) is 0 Å². The third kappa shape index (κ3) is 7.89. The summed E-state index contributed by atoms with van der Waals surface area (Å²) in [6.07, 6.45) is -23.0. The summed E-state index contributed by atoms with van der Waals surface area (Å²) in [4.78, 5) is 25.7. The summed E-state index contributed by atoms with van der Waals surface area (Å²) in [7, 11) is 0. The van der Waals surface area contributed by atoms with Gasteiger partial charge in [-0.3, -0.25) is 9.36 Å². The highest BCUT2D eigenvalue weighted by atomic mass is 35.5. The average Bonchev–Trinajstić information content (AvgIpc) is 3.15. The van der Waals surface area contributed by atoms with Gasteiger partial charge < -0.3 is 10.2 Å². The second kappa shape index (κ2) is 11.9. The molecule has 224 valence electrons. The van der Waals surface area contributed by atoms with Crippen LogP contribution in [-0.4, -0.2) is 54.9 Å². The van der Waals surface area contributed by atoms with Gasteiger partial charge in [0.15, 0.2) is 23.8 Å². The molecule has 2 N–H and O–H groups in total. The lowest BCUT2D eigenvalue weighted by atomic mass is 9.87. The topological polar surface area (TPSA) is 97.3 Å². The molecule has 0 saturated heterocycles. The molecule has 1 unspecified atom stereocenters. The molecular weight excluding hydrogens is 601 g/mol. The highest BCUT2D eigenvalue weighted by Crippen LogP contribution is 2.37. The first kappa shape index (κ1) is 32.1. The van der Waals surface area contributed by atoms with E-state index in [0.29, 0.717) is 21.4 Å². The van der Waals surface area contributed by atoms with Gasteiger partial charge >= 0.3 is 24.2 Å². The van der Waals surface area contributed by atoms with E-state index in [1.54, 1.807) is 0 Å². The van der Waals surface area contributed by atoms with Crippen LogP contribution < -0.4 is 5.69 Å². The SMILES string of the molecule is O=C(C[C@H](c1cccc(C(F)(F)F)c1)C(O)C(F)(F)F)Cn1nc(-c2ccc(Cl)cc2)n(C[C@H](O)C(F)(F)F)c1=O. The van der Waals surface area contributed by atoms with Crippen molar-refractivity contribution in [3.63, 3.8) is 0 Å². The largest absolute Gasteiger partial charge is 0.416 e. The van der Waals surface area contributed by atoms with Crippen molar-refractivity contribution in [2.75, 3.05) is 0 Å². The van der Waals surface area contributed by atoms with Crippen LogP contribution in [0.15, 0.2) is 53.3 Å². The van der Waals surface area contributed by atoms with Gasteiger partial charge in [-0.25, -0.2) is 9.48 Å². The standard InChI is InChI=1S/C24H19ClF9N3O4/c25-15-6-4-12(5-7-15)20-35-37(21(41)36(20)11-18(39)23(29,30)31)10-16(38)9-17(19(40)24(32,33)34)13-2-1-3-14(8-13)22(26,27)28/h1-8,17-19,39-40H,9-11H2/t17-,18+,19?/m1/s1. The number of ketones is 1. The minimum Gasteiger partial charge on any atom is -0.383 e. The highest BCUT2D eigenvalue weighted by molar-refractivity contribution is 6.30. The van der Waals surface area contributed by atoms with Crippen molar-refractivity contribution >= 4 is 17.4 Å². The Bertz CT molecular complexity index is 1430. The molecule has 17 heteroatoms. The number of Topliss-reactive ketones (excluding diaryl/α,β-unsaturated/α-hetero) is 1. The summed E-state index contributed by atoms with van der Waals surface area (Å²) in [5.74, 6) is -3.90. The number of nitrogens with zero attached hydrogens (tertiary/aromatic N) is 3. The Morgan fingerprint density at radius 1 is 0.927 bits per heavy atom. The molecule has 0 fully saturated rings. The highest BCUT2D eigenvalue weighted by Gasteiger charge is 2.45. The van der Waals surface area contributed by atoms with Gasteiger partial charge in [-0.15, -0.1) is 5.10 Å². The third-order valence-electron chi connectivity index (χ3n) is 5.89. The summed E-state index contributed by atoms with van der Waals surface area (Å²) < 4.78 is 119. The fraction of sp³-hybridized carbons (Fsp3) is 0.375. The normalized spacial score (nSPS) is 15.0. The van der Waals surface area contributed by atoms with E-state index in [9.17, 15) is 59.3 Å². The number of alkyl halides is 9. The number of carbonyl (C=O) groups is 1. The molecule has 0 aliphatic rings. The molecule has 0 spiro atoms. The summed E-state index contributed by atoms with van der Waals surface area (Å²) >= 11 is 5.79. The first-order chi connectivity index (χ1) is 18.8. The van der Waals surface area contributed by atoms with Crippen LogP contribution in [0.1, 0.15) is 23.5 Å². The van der Waals surface area contributed by atoms with Crippen molar-refractivity contribution < 1.29 is 54.5 Å². The number of carbonyl (C=O) groups excluding carboxylic acids is 1. The lowest BCUT2D eigenvalue weighted by Crippen LogP contribution is -2.38. The molecule has 2 aromatic carbocycles. The molecule has 3 aromatic rings. The van der Waals surface area contributed by atoms with Crippen LogP contribution in [-0.2, 0) is 24.1 Å². The Morgan fingerprint density at radius 3 is 2.07 bits per heavy atom. The molecule has 0 amide bonds. The Hall–Kier alpha value is -3.37. The van der Waals surface area contributed by atoms with Crippen LogP contribution in [0, 0.1) is 0 Å². The Labute approximate surface area is 229 Å². The van der Waals surface area contributed by atoms with E-state index in [1.165, 1.54) is 24.3 Å². The molecule has 7 nitrogen and oxygen atoms in total. The van der Waals surface area contributed by atoms with Gasteiger partial charge in [0.05, 0.1) is 12.1 Å². The molecule has 0 radical (unpaired) electrons. The maximum atomic E-state index is 13.4. The summed E-state index contributed by atoms with van der Waals surface area (Å²) in [5.41, 5.74) is -3.33. The van der Waals surface area contributed by atoms with Crippen LogP contribution in [0.3, 0.4) is 0 Å². The fourth-order valence-corrected chi connectivity index (χ4v) is 3.99. The minimum atomic E-state index is -5.35. The van der Waals surface area contributed by atoms with Crippen LogP contribution in [0.25, 0.3) is 11.4 Å². The Balaban J connectivity index is 1.99.